The minimum Gasteiger partial charge on any atom is -0.384 e. The number of amides is 1. The topological polar surface area (TPSA) is 62.2 Å². The SMILES string of the molecule is O=C(Nc1cc(F)cc(Cl)c1)c1ncccc1C#CCO. The van der Waals surface area contributed by atoms with Gasteiger partial charge < -0.3 is 10.4 Å². The number of nitrogens with zero attached hydrogens (tertiary/aromatic N) is 1. The van der Waals surface area contributed by atoms with E-state index in [9.17, 15) is 9.18 Å². The molecule has 0 unspecified atom stereocenters. The van der Waals surface area contributed by atoms with Crippen LogP contribution in [0.3, 0.4) is 0 Å². The third kappa shape index (κ3) is 4.02. The van der Waals surface area contributed by atoms with Crippen LogP contribution in [0.25, 0.3) is 0 Å². The zero-order valence-electron chi connectivity index (χ0n) is 10.7. The third-order valence-corrected chi connectivity index (χ3v) is 2.66. The first-order valence-corrected chi connectivity index (χ1v) is 6.30. The number of aliphatic hydroxyl groups is 1. The number of halogens is 2. The molecule has 106 valence electrons. The van der Waals surface area contributed by atoms with Gasteiger partial charge in [0.1, 0.15) is 18.1 Å². The van der Waals surface area contributed by atoms with Gasteiger partial charge in [-0.25, -0.2) is 9.37 Å². The Morgan fingerprint density at radius 2 is 2.24 bits per heavy atom. The Hall–Kier alpha value is -2.42. The summed E-state index contributed by atoms with van der Waals surface area (Å²) in [6.07, 6.45) is 1.44. The number of aromatic nitrogens is 1. The molecular weight excluding hydrogens is 295 g/mol. The monoisotopic (exact) mass is 304 g/mol. The predicted octanol–water partition coefficient (Wildman–Crippen LogP) is 2.47. The molecule has 0 fully saturated rings. The molecule has 2 rings (SSSR count). The Morgan fingerprint density at radius 3 is 2.95 bits per heavy atom. The minimum atomic E-state index is -0.556. The van der Waals surface area contributed by atoms with Crippen molar-refractivity contribution >= 4 is 23.2 Å². The van der Waals surface area contributed by atoms with Gasteiger partial charge in [0.05, 0.1) is 5.56 Å². The van der Waals surface area contributed by atoms with Gasteiger partial charge >= 0.3 is 0 Å². The summed E-state index contributed by atoms with van der Waals surface area (Å²) in [7, 11) is 0. The van der Waals surface area contributed by atoms with Gasteiger partial charge in [0.2, 0.25) is 0 Å². The molecule has 0 radical (unpaired) electrons. The molecule has 0 atom stereocenters. The lowest BCUT2D eigenvalue weighted by Crippen LogP contribution is -2.15. The van der Waals surface area contributed by atoms with Gasteiger partial charge in [-0.3, -0.25) is 4.79 Å². The van der Waals surface area contributed by atoms with E-state index >= 15 is 0 Å². The van der Waals surface area contributed by atoms with Gasteiger partial charge in [-0.05, 0) is 30.3 Å². The summed E-state index contributed by atoms with van der Waals surface area (Å²) < 4.78 is 13.2. The second-order valence-corrected chi connectivity index (χ2v) is 4.41. The van der Waals surface area contributed by atoms with Gasteiger partial charge in [-0.2, -0.15) is 0 Å². The summed E-state index contributed by atoms with van der Waals surface area (Å²) in [4.78, 5) is 16.1. The highest BCUT2D eigenvalue weighted by molar-refractivity contribution is 6.31. The van der Waals surface area contributed by atoms with Gasteiger partial charge in [-0.15, -0.1) is 0 Å². The maximum atomic E-state index is 13.2. The van der Waals surface area contributed by atoms with Crippen LogP contribution in [-0.4, -0.2) is 22.6 Å². The molecule has 0 saturated carbocycles. The van der Waals surface area contributed by atoms with Crippen molar-refractivity contribution in [3.05, 3.63) is 58.6 Å². The van der Waals surface area contributed by atoms with Crippen LogP contribution < -0.4 is 5.32 Å². The van der Waals surface area contributed by atoms with Crippen LogP contribution >= 0.6 is 11.6 Å². The molecule has 6 heteroatoms. The quantitative estimate of drug-likeness (QED) is 0.838. The molecule has 1 aromatic heterocycles. The molecule has 1 heterocycles. The number of benzene rings is 1. The van der Waals surface area contributed by atoms with E-state index in [4.69, 9.17) is 16.7 Å². The maximum Gasteiger partial charge on any atom is 0.275 e. The zero-order valence-corrected chi connectivity index (χ0v) is 11.5. The number of nitrogens with one attached hydrogen (secondary N) is 1. The number of hydrogen-bond donors (Lipinski definition) is 2. The molecule has 1 aromatic carbocycles. The first-order chi connectivity index (χ1) is 10.1. The summed E-state index contributed by atoms with van der Waals surface area (Å²) in [5.41, 5.74) is 0.669. The van der Waals surface area contributed by atoms with Gasteiger partial charge in [0.15, 0.2) is 0 Å². The fraction of sp³-hybridized carbons (Fsp3) is 0.0667. The summed E-state index contributed by atoms with van der Waals surface area (Å²) in [5, 5.41) is 11.4. The number of aliphatic hydroxyl groups excluding tert-OH is 1. The Bertz CT molecular complexity index is 718. The standard InChI is InChI=1S/C15H10ClFN2O2/c16-11-7-12(17)9-13(8-11)19-15(21)14-10(4-2-6-20)3-1-5-18-14/h1,3,5,7-9,20H,6H2,(H,19,21). The average Bonchev–Trinajstić information content (AvgIpc) is 2.44. The number of anilines is 1. The molecule has 2 aromatic rings. The molecule has 2 N–H and O–H groups in total. The van der Waals surface area contributed by atoms with Gasteiger partial charge in [-0.1, -0.05) is 23.4 Å². The van der Waals surface area contributed by atoms with E-state index in [2.05, 4.69) is 22.1 Å². The van der Waals surface area contributed by atoms with E-state index < -0.39 is 11.7 Å². The molecule has 0 aliphatic heterocycles. The van der Waals surface area contributed by atoms with Crippen LogP contribution in [0.5, 0.6) is 0 Å². The summed E-state index contributed by atoms with van der Waals surface area (Å²) in [5.74, 6) is 3.98. The lowest BCUT2D eigenvalue weighted by molar-refractivity contribution is 0.102. The van der Waals surface area contributed by atoms with E-state index in [1.165, 1.54) is 12.3 Å². The summed E-state index contributed by atoms with van der Waals surface area (Å²) >= 11 is 5.72. The fourth-order valence-electron chi connectivity index (χ4n) is 1.64. The van der Waals surface area contributed by atoms with Crippen LogP contribution in [0, 0.1) is 17.7 Å². The van der Waals surface area contributed by atoms with Crippen molar-refractivity contribution in [3.8, 4) is 11.8 Å². The summed E-state index contributed by atoms with van der Waals surface area (Å²) in [6, 6.07) is 6.92. The average molecular weight is 305 g/mol. The van der Waals surface area contributed by atoms with Gasteiger partial charge in [0.25, 0.3) is 5.91 Å². The molecular formula is C15H10ClFN2O2. The highest BCUT2D eigenvalue weighted by Crippen LogP contribution is 2.19. The van der Waals surface area contributed by atoms with Crippen molar-refractivity contribution < 1.29 is 14.3 Å². The van der Waals surface area contributed by atoms with Crippen molar-refractivity contribution in [3.63, 3.8) is 0 Å². The molecule has 4 nitrogen and oxygen atoms in total. The van der Waals surface area contributed by atoms with Crippen LogP contribution in [0.15, 0.2) is 36.5 Å². The lowest BCUT2D eigenvalue weighted by atomic mass is 10.2. The molecule has 21 heavy (non-hydrogen) atoms. The van der Waals surface area contributed by atoms with E-state index in [0.29, 0.717) is 5.56 Å². The molecule has 0 saturated heterocycles. The van der Waals surface area contributed by atoms with E-state index in [1.54, 1.807) is 12.1 Å². The Balaban J connectivity index is 2.28. The molecule has 0 spiro atoms. The van der Waals surface area contributed by atoms with Crippen molar-refractivity contribution in [1.82, 2.24) is 4.98 Å². The first kappa shape index (κ1) is 15.0. The normalized spacial score (nSPS) is 9.67. The summed E-state index contributed by atoms with van der Waals surface area (Å²) in [6.45, 7) is -0.324. The van der Waals surface area contributed by atoms with Gasteiger partial charge in [0, 0.05) is 16.9 Å². The van der Waals surface area contributed by atoms with Crippen LogP contribution in [0.4, 0.5) is 10.1 Å². The number of hydrogen-bond acceptors (Lipinski definition) is 3. The Morgan fingerprint density at radius 1 is 1.43 bits per heavy atom. The van der Waals surface area contributed by atoms with Crippen molar-refractivity contribution in [2.75, 3.05) is 11.9 Å². The molecule has 1 amide bonds. The van der Waals surface area contributed by atoms with Crippen molar-refractivity contribution in [2.45, 2.75) is 0 Å². The number of carbonyl (C=O) groups excluding carboxylic acids is 1. The molecule has 0 aliphatic rings. The second kappa shape index (κ2) is 6.84. The largest absolute Gasteiger partial charge is 0.384 e. The Labute approximate surface area is 125 Å². The lowest BCUT2D eigenvalue weighted by Gasteiger charge is -2.06. The van der Waals surface area contributed by atoms with E-state index in [1.807, 2.05) is 0 Å². The number of pyridine rings is 1. The number of carbonyl (C=O) groups is 1. The predicted molar refractivity (Wildman–Crippen MR) is 77.6 cm³/mol. The highest BCUT2D eigenvalue weighted by Gasteiger charge is 2.12. The maximum absolute atomic E-state index is 13.2. The van der Waals surface area contributed by atoms with Crippen LogP contribution in [0.2, 0.25) is 5.02 Å². The van der Waals surface area contributed by atoms with Crippen LogP contribution in [-0.2, 0) is 0 Å². The van der Waals surface area contributed by atoms with E-state index in [-0.39, 0.29) is 23.0 Å². The number of rotatable bonds is 2. The first-order valence-electron chi connectivity index (χ1n) is 5.92. The zero-order chi connectivity index (χ0) is 15.2. The van der Waals surface area contributed by atoms with Crippen LogP contribution in [0.1, 0.15) is 16.1 Å². The second-order valence-electron chi connectivity index (χ2n) is 3.97. The third-order valence-electron chi connectivity index (χ3n) is 2.45. The Kier molecular flexibility index (Phi) is 4.88. The molecule has 0 aliphatic carbocycles. The minimum absolute atomic E-state index is 0.0823. The van der Waals surface area contributed by atoms with E-state index in [0.717, 1.165) is 12.1 Å². The van der Waals surface area contributed by atoms with Crippen molar-refractivity contribution in [2.24, 2.45) is 0 Å². The fourth-order valence-corrected chi connectivity index (χ4v) is 1.86. The smallest absolute Gasteiger partial charge is 0.275 e. The highest BCUT2D eigenvalue weighted by atomic mass is 35.5. The molecule has 0 bridgehead atoms. The van der Waals surface area contributed by atoms with Crippen molar-refractivity contribution in [1.29, 1.82) is 0 Å².